The number of sulfonamides is 1. The second kappa shape index (κ2) is 7.77. The van der Waals surface area contributed by atoms with Crippen molar-refractivity contribution < 1.29 is 12.9 Å². The van der Waals surface area contributed by atoms with Crippen molar-refractivity contribution in [2.24, 2.45) is 0 Å². The molecule has 2 heterocycles. The number of halogens is 1. The molecule has 0 aliphatic carbocycles. The molecule has 0 bridgehead atoms. The molecule has 0 saturated heterocycles. The van der Waals surface area contributed by atoms with Gasteiger partial charge in [0.2, 0.25) is 0 Å². The minimum absolute atomic E-state index is 0.0806. The van der Waals surface area contributed by atoms with E-state index in [-0.39, 0.29) is 10.1 Å². The van der Waals surface area contributed by atoms with Crippen molar-refractivity contribution in [3.63, 3.8) is 0 Å². The molecule has 136 valence electrons. The number of nitrogens with one attached hydrogen (secondary N) is 1. The Morgan fingerprint density at radius 2 is 1.96 bits per heavy atom. The van der Waals surface area contributed by atoms with Gasteiger partial charge in [0.25, 0.3) is 15.9 Å². The number of hydrogen-bond donors (Lipinski definition) is 1. The lowest BCUT2D eigenvalue weighted by Crippen LogP contribution is -2.13. The number of aromatic nitrogens is 1. The third-order valence-corrected chi connectivity index (χ3v) is 7.53. The Morgan fingerprint density at radius 1 is 1.23 bits per heavy atom. The first kappa shape index (κ1) is 18.9. The predicted octanol–water partition coefficient (Wildman–Crippen LogP) is 5.17. The predicted molar refractivity (Wildman–Crippen MR) is 108 cm³/mol. The van der Waals surface area contributed by atoms with Gasteiger partial charge >= 0.3 is 0 Å². The summed E-state index contributed by atoms with van der Waals surface area (Å²) in [6.07, 6.45) is 4.46. The number of anilines is 1. The van der Waals surface area contributed by atoms with Crippen molar-refractivity contribution in [2.75, 3.05) is 4.72 Å². The van der Waals surface area contributed by atoms with Crippen LogP contribution in [-0.2, 0) is 16.4 Å². The Balaban J connectivity index is 1.77. The molecule has 5 nitrogen and oxygen atoms in total. The van der Waals surface area contributed by atoms with Crippen LogP contribution in [0.3, 0.4) is 0 Å². The fourth-order valence-electron chi connectivity index (χ4n) is 2.30. The molecule has 0 aliphatic rings. The minimum atomic E-state index is -3.74. The molecule has 2 aromatic heterocycles. The van der Waals surface area contributed by atoms with Gasteiger partial charge in [0.05, 0.1) is 5.69 Å². The van der Waals surface area contributed by atoms with Crippen LogP contribution < -0.4 is 4.72 Å². The van der Waals surface area contributed by atoms with Gasteiger partial charge in [-0.05, 0) is 58.8 Å². The normalized spacial score (nSPS) is 12.0. The Morgan fingerprint density at radius 3 is 2.62 bits per heavy atom. The summed E-state index contributed by atoms with van der Waals surface area (Å²) >= 11 is 4.44. The highest BCUT2D eigenvalue weighted by atomic mass is 79.9. The Hall–Kier alpha value is -1.90. The van der Waals surface area contributed by atoms with Gasteiger partial charge in [-0.25, -0.2) is 13.1 Å². The van der Waals surface area contributed by atoms with E-state index in [1.165, 1.54) is 16.9 Å². The van der Waals surface area contributed by atoms with Crippen LogP contribution >= 0.6 is 27.3 Å². The first-order valence-corrected chi connectivity index (χ1v) is 11.0. The lowest BCUT2D eigenvalue weighted by atomic mass is 10.1. The van der Waals surface area contributed by atoms with Gasteiger partial charge in [0.1, 0.15) is 8.68 Å². The van der Waals surface area contributed by atoms with Crippen molar-refractivity contribution >= 4 is 49.3 Å². The molecule has 3 rings (SSSR count). The van der Waals surface area contributed by atoms with E-state index in [0.717, 1.165) is 11.1 Å². The van der Waals surface area contributed by atoms with Gasteiger partial charge in [0, 0.05) is 0 Å². The maximum Gasteiger partial charge on any atom is 0.274 e. The molecule has 1 N–H and O–H groups in total. The molecule has 0 unspecified atom stereocenters. The third-order valence-electron chi connectivity index (χ3n) is 3.69. The Labute approximate surface area is 164 Å². The van der Waals surface area contributed by atoms with Crippen LogP contribution in [0.25, 0.3) is 6.08 Å². The standard InChI is InChI=1S/C18H17BrN2O3S2/c1-12-6-8-14(9-7-12)4-3-5-15-10-11-25-18(15)26(22,23)21-17-16(19)13(2)20-24-17/h3-4,6-11,21H,5H2,1-2H3. The quantitative estimate of drug-likeness (QED) is 0.559. The largest absolute Gasteiger partial charge is 0.336 e. The fourth-order valence-corrected chi connectivity index (χ4v) is 5.10. The van der Waals surface area contributed by atoms with Gasteiger partial charge in [-0.3, -0.25) is 0 Å². The number of allylic oxidation sites excluding steroid dienone is 1. The zero-order valence-electron chi connectivity index (χ0n) is 14.2. The van der Waals surface area contributed by atoms with Crippen LogP contribution in [0.4, 0.5) is 5.88 Å². The lowest BCUT2D eigenvalue weighted by molar-refractivity contribution is 0.430. The Bertz CT molecular complexity index is 1030. The van der Waals surface area contributed by atoms with Gasteiger partial charge < -0.3 is 4.52 Å². The second-order valence-corrected chi connectivity index (χ2v) is 9.35. The lowest BCUT2D eigenvalue weighted by Gasteiger charge is -2.05. The molecule has 3 aromatic rings. The zero-order chi connectivity index (χ0) is 18.7. The molecule has 0 fully saturated rings. The summed E-state index contributed by atoms with van der Waals surface area (Å²) in [6.45, 7) is 3.76. The van der Waals surface area contributed by atoms with Crippen LogP contribution in [0.2, 0.25) is 0 Å². The van der Waals surface area contributed by atoms with Crippen molar-refractivity contribution in [2.45, 2.75) is 24.5 Å². The average molecular weight is 453 g/mol. The summed E-state index contributed by atoms with van der Waals surface area (Å²) in [7, 11) is -3.74. The number of rotatable bonds is 6. The van der Waals surface area contributed by atoms with E-state index < -0.39 is 10.0 Å². The number of aryl methyl sites for hydroxylation is 2. The van der Waals surface area contributed by atoms with E-state index in [0.29, 0.717) is 16.6 Å². The molecule has 0 spiro atoms. The van der Waals surface area contributed by atoms with E-state index in [9.17, 15) is 8.42 Å². The third kappa shape index (κ3) is 4.25. The van der Waals surface area contributed by atoms with E-state index in [2.05, 4.69) is 25.8 Å². The smallest absolute Gasteiger partial charge is 0.274 e. The van der Waals surface area contributed by atoms with Crippen molar-refractivity contribution in [1.82, 2.24) is 5.16 Å². The maximum absolute atomic E-state index is 12.7. The molecule has 0 aliphatic heterocycles. The second-order valence-electron chi connectivity index (χ2n) is 5.77. The van der Waals surface area contributed by atoms with E-state index >= 15 is 0 Å². The van der Waals surface area contributed by atoms with Gasteiger partial charge in [-0.1, -0.05) is 47.1 Å². The van der Waals surface area contributed by atoms with Gasteiger partial charge in [-0.15, -0.1) is 11.3 Å². The van der Waals surface area contributed by atoms with E-state index in [4.69, 9.17) is 4.52 Å². The van der Waals surface area contributed by atoms with Crippen LogP contribution in [0.5, 0.6) is 0 Å². The van der Waals surface area contributed by atoms with Crippen molar-refractivity contribution in [1.29, 1.82) is 0 Å². The number of thiophene rings is 1. The molecular weight excluding hydrogens is 436 g/mol. The molecule has 1 aromatic carbocycles. The maximum atomic E-state index is 12.7. The topological polar surface area (TPSA) is 72.2 Å². The van der Waals surface area contributed by atoms with Gasteiger partial charge in [-0.2, -0.15) is 0 Å². The first-order valence-electron chi connectivity index (χ1n) is 7.81. The number of benzene rings is 1. The molecular formula is C18H17BrN2O3S2. The molecule has 0 atom stereocenters. The van der Waals surface area contributed by atoms with E-state index in [1.54, 1.807) is 12.3 Å². The highest BCUT2D eigenvalue weighted by molar-refractivity contribution is 9.10. The average Bonchev–Trinajstić information content (AvgIpc) is 3.19. The SMILES string of the molecule is Cc1ccc(C=CCc2ccsc2S(=O)(=O)Nc2onc(C)c2Br)cc1. The summed E-state index contributed by atoms with van der Waals surface area (Å²) in [6, 6.07) is 9.97. The molecule has 26 heavy (non-hydrogen) atoms. The van der Waals surface area contributed by atoms with Crippen molar-refractivity contribution in [3.05, 3.63) is 68.6 Å². The zero-order valence-corrected chi connectivity index (χ0v) is 17.4. The number of hydrogen-bond acceptors (Lipinski definition) is 5. The van der Waals surface area contributed by atoms with Crippen LogP contribution in [0.15, 0.2) is 55.0 Å². The highest BCUT2D eigenvalue weighted by Gasteiger charge is 2.23. The summed E-state index contributed by atoms with van der Waals surface area (Å²) in [5, 5.41) is 5.50. The molecule has 0 radical (unpaired) electrons. The fraction of sp³-hybridized carbons (Fsp3) is 0.167. The summed E-state index contributed by atoms with van der Waals surface area (Å²) < 4.78 is 33.6. The van der Waals surface area contributed by atoms with Crippen LogP contribution in [0.1, 0.15) is 22.4 Å². The minimum Gasteiger partial charge on any atom is -0.336 e. The molecule has 8 heteroatoms. The summed E-state index contributed by atoms with van der Waals surface area (Å²) in [5.74, 6) is 0.0806. The van der Waals surface area contributed by atoms with Crippen molar-refractivity contribution in [3.8, 4) is 0 Å². The van der Waals surface area contributed by atoms with Gasteiger partial charge in [0.15, 0.2) is 0 Å². The van der Waals surface area contributed by atoms with E-state index in [1.807, 2.05) is 49.4 Å². The monoisotopic (exact) mass is 452 g/mol. The first-order chi connectivity index (χ1) is 12.4. The van der Waals surface area contributed by atoms with Crippen LogP contribution in [-0.4, -0.2) is 13.6 Å². The summed E-state index contributed by atoms with van der Waals surface area (Å²) in [4.78, 5) is 0. The molecule has 0 amide bonds. The molecule has 0 saturated carbocycles. The highest BCUT2D eigenvalue weighted by Crippen LogP contribution is 2.30. The van der Waals surface area contributed by atoms with Crippen LogP contribution in [0, 0.1) is 13.8 Å². The number of nitrogens with zero attached hydrogens (tertiary/aromatic N) is 1. The Kier molecular flexibility index (Phi) is 5.64. The summed E-state index contributed by atoms with van der Waals surface area (Å²) in [5.41, 5.74) is 3.59.